The van der Waals surface area contributed by atoms with E-state index in [2.05, 4.69) is 20.1 Å². The molecular formula is C15H18N4O2S. The van der Waals surface area contributed by atoms with Crippen LogP contribution in [0.4, 0.5) is 5.13 Å². The maximum Gasteiger partial charge on any atom is 0.213 e. The largest absolute Gasteiger partial charge is 0.477 e. The summed E-state index contributed by atoms with van der Waals surface area (Å²) >= 11 is 1.63. The number of nitrogens with zero attached hydrogens (tertiary/aromatic N) is 4. The van der Waals surface area contributed by atoms with Gasteiger partial charge in [-0.15, -0.1) is 10.2 Å². The first kappa shape index (κ1) is 13.9. The highest BCUT2D eigenvalue weighted by Crippen LogP contribution is 2.42. The molecule has 2 saturated heterocycles. The van der Waals surface area contributed by atoms with Crippen LogP contribution in [0.1, 0.15) is 11.4 Å². The highest BCUT2D eigenvalue weighted by atomic mass is 32.1. The number of ether oxygens (including phenoxy) is 2. The average molecular weight is 318 g/mol. The van der Waals surface area contributed by atoms with Gasteiger partial charge in [0.2, 0.25) is 11.0 Å². The van der Waals surface area contributed by atoms with E-state index in [1.165, 1.54) is 0 Å². The van der Waals surface area contributed by atoms with E-state index in [1.54, 1.807) is 17.5 Å². The Labute approximate surface area is 133 Å². The molecule has 6 nitrogen and oxygen atoms in total. The average Bonchev–Trinajstić information content (AvgIpc) is 3.10. The van der Waals surface area contributed by atoms with Gasteiger partial charge in [-0.2, -0.15) is 0 Å². The van der Waals surface area contributed by atoms with E-state index in [4.69, 9.17) is 9.47 Å². The molecule has 0 bridgehead atoms. The maximum atomic E-state index is 6.05. The van der Waals surface area contributed by atoms with Crippen molar-refractivity contribution in [1.29, 1.82) is 0 Å². The number of hydrogen-bond acceptors (Lipinski definition) is 7. The van der Waals surface area contributed by atoms with Crippen LogP contribution < -0.4 is 9.64 Å². The molecule has 0 N–H and O–H groups in total. The minimum absolute atomic E-state index is 0.0889. The molecule has 1 unspecified atom stereocenters. The molecule has 2 aliphatic rings. The molecule has 22 heavy (non-hydrogen) atoms. The Kier molecular flexibility index (Phi) is 3.46. The third-order valence-electron chi connectivity index (χ3n) is 4.37. The van der Waals surface area contributed by atoms with E-state index in [0.29, 0.717) is 18.4 Å². The highest BCUT2D eigenvalue weighted by molar-refractivity contribution is 7.15. The fraction of sp³-hybridized carbons (Fsp3) is 0.533. The number of aromatic nitrogens is 3. The third kappa shape index (κ3) is 2.44. The monoisotopic (exact) mass is 318 g/mol. The fourth-order valence-electron chi connectivity index (χ4n) is 3.14. The summed E-state index contributed by atoms with van der Waals surface area (Å²) in [5.74, 6) is 1.08. The molecule has 1 atom stereocenters. The molecule has 0 saturated carbocycles. The molecule has 0 aromatic carbocycles. The first-order valence-corrected chi connectivity index (χ1v) is 8.30. The van der Waals surface area contributed by atoms with E-state index in [-0.39, 0.29) is 5.60 Å². The normalized spacial score (nSPS) is 22.8. The standard InChI is InChI=1S/C15H18N4O2S/c1-11-17-18-14(22-11)19-9-15(10-19)12(5-7-21-15)8-20-13-4-2-3-6-16-13/h2-4,6,12H,5,7-10H2,1H3. The summed E-state index contributed by atoms with van der Waals surface area (Å²) in [4.78, 5) is 6.45. The van der Waals surface area contributed by atoms with Gasteiger partial charge in [0.05, 0.1) is 19.7 Å². The molecule has 0 aliphatic carbocycles. The maximum absolute atomic E-state index is 6.05. The fourth-order valence-corrected chi connectivity index (χ4v) is 3.82. The number of anilines is 1. The van der Waals surface area contributed by atoms with Gasteiger partial charge in [0.1, 0.15) is 10.6 Å². The first-order valence-electron chi connectivity index (χ1n) is 7.48. The summed E-state index contributed by atoms with van der Waals surface area (Å²) in [7, 11) is 0. The SMILES string of the molecule is Cc1nnc(N2CC3(C2)OCCC3COc2ccccn2)s1. The zero-order valence-electron chi connectivity index (χ0n) is 12.4. The van der Waals surface area contributed by atoms with Crippen LogP contribution in [0, 0.1) is 12.8 Å². The van der Waals surface area contributed by atoms with Gasteiger partial charge in [-0.05, 0) is 19.4 Å². The van der Waals surface area contributed by atoms with Gasteiger partial charge < -0.3 is 14.4 Å². The first-order chi connectivity index (χ1) is 10.8. The summed E-state index contributed by atoms with van der Waals surface area (Å²) < 4.78 is 11.9. The van der Waals surface area contributed by atoms with Gasteiger partial charge >= 0.3 is 0 Å². The molecule has 2 fully saturated rings. The van der Waals surface area contributed by atoms with E-state index in [1.807, 2.05) is 25.1 Å². The molecule has 2 aromatic rings. The molecule has 4 heterocycles. The Morgan fingerprint density at radius 1 is 1.41 bits per heavy atom. The van der Waals surface area contributed by atoms with Gasteiger partial charge in [0, 0.05) is 24.8 Å². The van der Waals surface area contributed by atoms with Crippen molar-refractivity contribution >= 4 is 16.5 Å². The van der Waals surface area contributed by atoms with Crippen LogP contribution in [-0.2, 0) is 4.74 Å². The van der Waals surface area contributed by atoms with Crippen LogP contribution >= 0.6 is 11.3 Å². The molecule has 1 spiro atoms. The predicted molar refractivity (Wildman–Crippen MR) is 83.4 cm³/mol. The summed E-state index contributed by atoms with van der Waals surface area (Å²) in [5.41, 5.74) is -0.0889. The molecule has 2 aliphatic heterocycles. The van der Waals surface area contributed by atoms with Crippen molar-refractivity contribution < 1.29 is 9.47 Å². The minimum atomic E-state index is -0.0889. The second-order valence-electron chi connectivity index (χ2n) is 5.84. The lowest BCUT2D eigenvalue weighted by atomic mass is 9.81. The lowest BCUT2D eigenvalue weighted by molar-refractivity contribution is -0.0526. The third-order valence-corrected chi connectivity index (χ3v) is 5.27. The Morgan fingerprint density at radius 3 is 3.05 bits per heavy atom. The molecule has 7 heteroatoms. The Hall–Kier alpha value is -1.73. The van der Waals surface area contributed by atoms with E-state index < -0.39 is 0 Å². The van der Waals surface area contributed by atoms with E-state index in [9.17, 15) is 0 Å². The van der Waals surface area contributed by atoms with Gasteiger partial charge in [-0.25, -0.2) is 4.98 Å². The topological polar surface area (TPSA) is 60.4 Å². The van der Waals surface area contributed by atoms with E-state index >= 15 is 0 Å². The summed E-state index contributed by atoms with van der Waals surface area (Å²) in [5, 5.41) is 10.3. The second-order valence-corrected chi connectivity index (χ2v) is 7.00. The van der Waals surface area contributed by atoms with E-state index in [0.717, 1.165) is 36.3 Å². The molecule has 2 aromatic heterocycles. The zero-order valence-corrected chi connectivity index (χ0v) is 13.3. The highest BCUT2D eigenvalue weighted by Gasteiger charge is 2.54. The summed E-state index contributed by atoms with van der Waals surface area (Å²) in [6.45, 7) is 5.18. The lowest BCUT2D eigenvalue weighted by Crippen LogP contribution is -2.65. The molecule has 116 valence electrons. The van der Waals surface area contributed by atoms with Gasteiger partial charge in [-0.3, -0.25) is 0 Å². The van der Waals surface area contributed by atoms with Crippen LogP contribution in [0.15, 0.2) is 24.4 Å². The minimum Gasteiger partial charge on any atom is -0.477 e. The van der Waals surface area contributed by atoms with Gasteiger partial charge in [0.25, 0.3) is 0 Å². The Balaban J connectivity index is 1.38. The smallest absolute Gasteiger partial charge is 0.213 e. The van der Waals surface area contributed by atoms with Gasteiger partial charge in [0.15, 0.2) is 0 Å². The summed E-state index contributed by atoms with van der Waals surface area (Å²) in [6.07, 6.45) is 2.79. The van der Waals surface area contributed by atoms with Crippen molar-refractivity contribution in [3.63, 3.8) is 0 Å². The molecular weight excluding hydrogens is 300 g/mol. The molecule has 4 rings (SSSR count). The Bertz CT molecular complexity index is 642. The van der Waals surface area contributed by atoms with Crippen molar-refractivity contribution in [3.05, 3.63) is 29.4 Å². The van der Waals surface area contributed by atoms with Gasteiger partial charge in [-0.1, -0.05) is 17.4 Å². The van der Waals surface area contributed by atoms with Crippen LogP contribution in [0.3, 0.4) is 0 Å². The van der Waals surface area contributed by atoms with Crippen LogP contribution in [0.5, 0.6) is 5.88 Å². The number of rotatable bonds is 4. The van der Waals surface area contributed by atoms with Crippen molar-refractivity contribution in [2.75, 3.05) is 31.2 Å². The van der Waals surface area contributed by atoms with Crippen LogP contribution in [0.25, 0.3) is 0 Å². The molecule has 0 amide bonds. The lowest BCUT2D eigenvalue weighted by Gasteiger charge is -2.49. The predicted octanol–water partition coefficient (Wildman–Crippen LogP) is 1.92. The van der Waals surface area contributed by atoms with Crippen molar-refractivity contribution in [2.24, 2.45) is 5.92 Å². The van der Waals surface area contributed by atoms with Crippen LogP contribution in [-0.4, -0.2) is 47.1 Å². The summed E-state index contributed by atoms with van der Waals surface area (Å²) in [6, 6.07) is 5.71. The Morgan fingerprint density at radius 2 is 2.32 bits per heavy atom. The zero-order chi connectivity index (χ0) is 15.0. The molecule has 0 radical (unpaired) electrons. The second kappa shape index (κ2) is 5.48. The number of aryl methyl sites for hydroxylation is 1. The van der Waals surface area contributed by atoms with Crippen molar-refractivity contribution in [3.8, 4) is 5.88 Å². The number of pyridine rings is 1. The van der Waals surface area contributed by atoms with Crippen molar-refractivity contribution in [2.45, 2.75) is 18.9 Å². The van der Waals surface area contributed by atoms with Crippen molar-refractivity contribution in [1.82, 2.24) is 15.2 Å². The van der Waals surface area contributed by atoms with Crippen LogP contribution in [0.2, 0.25) is 0 Å². The quantitative estimate of drug-likeness (QED) is 0.858. The number of hydrogen-bond donors (Lipinski definition) is 0.